The third-order valence-corrected chi connectivity index (χ3v) is 8.60. The van der Waals surface area contributed by atoms with Crippen LogP contribution in [0.25, 0.3) is 55.1 Å². The molecule has 0 fully saturated rings. The van der Waals surface area contributed by atoms with E-state index < -0.39 is 0 Å². The Morgan fingerprint density at radius 3 is 2.22 bits per heavy atom. The highest BCUT2D eigenvalue weighted by Gasteiger charge is 2.24. The van der Waals surface area contributed by atoms with Gasteiger partial charge < -0.3 is 9.88 Å². The zero-order valence-corrected chi connectivity index (χ0v) is 24.2. The SMILES string of the molecule is N=c1nc2c(cc3ccc(N(c4ccccc4)c4cccc5ccccc45)cc3[n+]2-c2ccccc2)c2[nH]c3ccccc3n12. The molecule has 0 saturated carbocycles. The van der Waals surface area contributed by atoms with Crippen LogP contribution in [0.3, 0.4) is 0 Å². The van der Waals surface area contributed by atoms with Crippen molar-refractivity contribution < 1.29 is 4.57 Å². The molecule has 0 atom stereocenters. The first kappa shape index (κ1) is 25.2. The van der Waals surface area contributed by atoms with Gasteiger partial charge in [-0.05, 0) is 71.0 Å². The number of pyridine rings is 1. The molecule has 2 N–H and O–H groups in total. The summed E-state index contributed by atoms with van der Waals surface area (Å²) in [6, 6.07) is 52.7. The van der Waals surface area contributed by atoms with Gasteiger partial charge in [0.1, 0.15) is 22.2 Å². The number of H-pyrrole nitrogens is 1. The van der Waals surface area contributed by atoms with E-state index in [-0.39, 0.29) is 5.62 Å². The van der Waals surface area contributed by atoms with Crippen molar-refractivity contribution in [2.24, 2.45) is 0 Å². The van der Waals surface area contributed by atoms with Gasteiger partial charge in [0.05, 0.1) is 22.4 Å². The summed E-state index contributed by atoms with van der Waals surface area (Å²) in [5, 5.41) is 13.4. The minimum absolute atomic E-state index is 0.178. The molecule has 6 heteroatoms. The Bertz CT molecular complexity index is 2620. The number of anilines is 3. The molecule has 0 spiro atoms. The van der Waals surface area contributed by atoms with Crippen LogP contribution in [0.5, 0.6) is 0 Å². The number of aromatic nitrogens is 4. The number of benzene rings is 6. The first-order chi connectivity index (χ1) is 22.2. The second-order valence-electron chi connectivity index (χ2n) is 11.2. The molecular weight excluding hydrogens is 552 g/mol. The van der Waals surface area contributed by atoms with Crippen LogP contribution >= 0.6 is 0 Å². The molecule has 212 valence electrons. The minimum Gasteiger partial charge on any atom is -0.339 e. The van der Waals surface area contributed by atoms with Gasteiger partial charge in [0.2, 0.25) is 0 Å². The Morgan fingerprint density at radius 1 is 0.622 bits per heavy atom. The van der Waals surface area contributed by atoms with Crippen molar-refractivity contribution in [3.63, 3.8) is 0 Å². The van der Waals surface area contributed by atoms with Gasteiger partial charge in [0.15, 0.2) is 0 Å². The molecule has 9 aromatic rings. The molecule has 0 bridgehead atoms. The lowest BCUT2D eigenvalue weighted by atomic mass is 10.1. The molecule has 45 heavy (non-hydrogen) atoms. The second-order valence-corrected chi connectivity index (χ2v) is 11.2. The molecule has 0 aliphatic heterocycles. The quantitative estimate of drug-likeness (QED) is 0.162. The number of fused-ring (bicyclic) bond motifs is 7. The van der Waals surface area contributed by atoms with Gasteiger partial charge in [0.25, 0.3) is 0 Å². The van der Waals surface area contributed by atoms with Gasteiger partial charge in [-0.25, -0.2) is 9.81 Å². The van der Waals surface area contributed by atoms with E-state index in [1.165, 1.54) is 10.8 Å². The Balaban J connectivity index is 1.39. The van der Waals surface area contributed by atoms with Crippen LogP contribution in [0.15, 0.2) is 152 Å². The molecule has 0 saturated heterocycles. The maximum atomic E-state index is 9.03. The van der Waals surface area contributed by atoms with Crippen molar-refractivity contribution in [1.29, 1.82) is 5.41 Å². The Labute approximate surface area is 258 Å². The van der Waals surface area contributed by atoms with Crippen molar-refractivity contribution in [3.05, 3.63) is 157 Å². The zero-order chi connectivity index (χ0) is 29.9. The maximum Gasteiger partial charge on any atom is 0.344 e. The van der Waals surface area contributed by atoms with Crippen LogP contribution in [0.1, 0.15) is 0 Å². The number of nitrogens with zero attached hydrogens (tertiary/aromatic N) is 4. The van der Waals surface area contributed by atoms with E-state index in [1.807, 2.05) is 52.9 Å². The minimum atomic E-state index is 0.178. The van der Waals surface area contributed by atoms with Crippen LogP contribution in [-0.4, -0.2) is 14.4 Å². The second kappa shape index (κ2) is 9.89. The highest BCUT2D eigenvalue weighted by molar-refractivity contribution is 6.02. The van der Waals surface area contributed by atoms with E-state index in [9.17, 15) is 0 Å². The molecular formula is C39H27N6+. The van der Waals surface area contributed by atoms with Gasteiger partial charge in [-0.2, -0.15) is 4.57 Å². The Kier molecular flexibility index (Phi) is 5.55. The molecule has 0 amide bonds. The van der Waals surface area contributed by atoms with E-state index >= 15 is 0 Å². The molecule has 6 nitrogen and oxygen atoms in total. The average molecular weight is 580 g/mol. The summed E-state index contributed by atoms with van der Waals surface area (Å²) in [7, 11) is 0. The third-order valence-electron chi connectivity index (χ3n) is 8.60. The first-order valence-corrected chi connectivity index (χ1v) is 15.0. The highest BCUT2D eigenvalue weighted by Crippen LogP contribution is 2.39. The summed E-state index contributed by atoms with van der Waals surface area (Å²) < 4.78 is 4.08. The number of hydrogen-bond donors (Lipinski definition) is 2. The summed E-state index contributed by atoms with van der Waals surface area (Å²) in [6.07, 6.45) is 0. The fourth-order valence-corrected chi connectivity index (χ4v) is 6.61. The molecule has 0 unspecified atom stereocenters. The van der Waals surface area contributed by atoms with E-state index in [2.05, 4.69) is 118 Å². The van der Waals surface area contributed by atoms with Gasteiger partial charge in [-0.15, -0.1) is 0 Å². The number of para-hydroxylation sites is 4. The van der Waals surface area contributed by atoms with Crippen molar-refractivity contribution in [3.8, 4) is 5.69 Å². The van der Waals surface area contributed by atoms with E-state index in [1.54, 1.807) is 0 Å². The average Bonchev–Trinajstić information content (AvgIpc) is 3.49. The summed E-state index contributed by atoms with van der Waals surface area (Å²) in [5.74, 6) is 0. The van der Waals surface area contributed by atoms with E-state index in [0.717, 1.165) is 61.4 Å². The largest absolute Gasteiger partial charge is 0.344 e. The molecule has 9 rings (SSSR count). The molecule has 3 aromatic heterocycles. The lowest BCUT2D eigenvalue weighted by Crippen LogP contribution is -2.36. The number of nitrogens with one attached hydrogen (secondary N) is 2. The van der Waals surface area contributed by atoms with Gasteiger partial charge in [0, 0.05) is 22.5 Å². The summed E-state index contributed by atoms with van der Waals surface area (Å²) in [4.78, 5) is 10.8. The number of rotatable bonds is 4. The van der Waals surface area contributed by atoms with E-state index in [0.29, 0.717) is 0 Å². The standard InChI is InChI=1S/C39H26N6/c40-39-42-38-32(37-41-33-19-9-10-20-35(33)45(37)39)24-27-22-23-30(25-36(27)44(38)29-16-5-2-6-17-29)43(28-14-3-1-4-15-28)34-21-11-13-26-12-7-8-18-31(26)34/h1-25,40H/p+1. The van der Waals surface area contributed by atoms with Crippen LogP contribution in [-0.2, 0) is 0 Å². The maximum absolute atomic E-state index is 9.03. The smallest absolute Gasteiger partial charge is 0.339 e. The van der Waals surface area contributed by atoms with Crippen molar-refractivity contribution >= 4 is 66.5 Å². The highest BCUT2D eigenvalue weighted by atomic mass is 15.2. The molecule has 0 aliphatic carbocycles. The fraction of sp³-hybridized carbons (Fsp3) is 0. The lowest BCUT2D eigenvalue weighted by molar-refractivity contribution is -0.540. The summed E-state index contributed by atoms with van der Waals surface area (Å²) in [6.45, 7) is 0. The van der Waals surface area contributed by atoms with Crippen molar-refractivity contribution in [2.45, 2.75) is 0 Å². The molecule has 0 aliphatic rings. The Hall–Kier alpha value is -6.27. The monoisotopic (exact) mass is 579 g/mol. The summed E-state index contributed by atoms with van der Waals surface area (Å²) >= 11 is 0. The van der Waals surface area contributed by atoms with Crippen LogP contribution in [0.2, 0.25) is 0 Å². The van der Waals surface area contributed by atoms with Crippen molar-refractivity contribution in [1.82, 2.24) is 14.4 Å². The van der Waals surface area contributed by atoms with Gasteiger partial charge in [-0.3, -0.25) is 0 Å². The van der Waals surface area contributed by atoms with E-state index in [4.69, 9.17) is 10.4 Å². The Morgan fingerprint density at radius 2 is 1.36 bits per heavy atom. The topological polar surface area (TPSA) is 64.1 Å². The number of imidazole rings is 1. The fourth-order valence-electron chi connectivity index (χ4n) is 6.61. The third kappa shape index (κ3) is 3.93. The van der Waals surface area contributed by atoms with Gasteiger partial charge >= 0.3 is 11.3 Å². The molecule has 6 aromatic carbocycles. The normalized spacial score (nSPS) is 11.6. The summed E-state index contributed by atoms with van der Waals surface area (Å²) in [5.41, 5.74) is 8.84. The molecule has 3 heterocycles. The predicted molar refractivity (Wildman–Crippen MR) is 182 cm³/mol. The predicted octanol–water partition coefficient (Wildman–Crippen LogP) is 8.50. The van der Waals surface area contributed by atoms with Crippen LogP contribution in [0, 0.1) is 5.41 Å². The lowest BCUT2D eigenvalue weighted by Gasteiger charge is -2.27. The number of aromatic amines is 1. The first-order valence-electron chi connectivity index (χ1n) is 15.0. The van der Waals surface area contributed by atoms with Gasteiger partial charge in [-0.1, -0.05) is 84.9 Å². The number of hydrogen-bond acceptors (Lipinski definition) is 3. The zero-order valence-electron chi connectivity index (χ0n) is 24.2. The van der Waals surface area contributed by atoms with Crippen LogP contribution in [0.4, 0.5) is 17.1 Å². The van der Waals surface area contributed by atoms with Crippen molar-refractivity contribution in [2.75, 3.05) is 4.90 Å². The van der Waals surface area contributed by atoms with Crippen LogP contribution < -0.4 is 15.1 Å². The molecule has 0 radical (unpaired) electrons.